The molecule has 3 fully saturated rings. The normalized spacial score (nSPS) is 35.4. The van der Waals surface area contributed by atoms with E-state index in [4.69, 9.17) is 10.5 Å². The number of carbonyl (C=O) groups is 1. The summed E-state index contributed by atoms with van der Waals surface area (Å²) in [5.74, 6) is 3.25. The van der Waals surface area contributed by atoms with Gasteiger partial charge in [-0.2, -0.15) is 0 Å². The maximum Gasteiger partial charge on any atom is 0.338 e. The van der Waals surface area contributed by atoms with Gasteiger partial charge in [-0.15, -0.1) is 0 Å². The Morgan fingerprint density at radius 3 is 2.71 bits per heavy atom. The summed E-state index contributed by atoms with van der Waals surface area (Å²) in [6, 6.07) is 5.93. The van der Waals surface area contributed by atoms with E-state index in [1.54, 1.807) is 12.1 Å². The molecular weight excluding hydrogens is 264 g/mol. The molecule has 0 amide bonds. The van der Waals surface area contributed by atoms with Crippen LogP contribution >= 0.6 is 0 Å². The SMILES string of the molecule is CCOC(=O)c1ccc(N)c(NC2C3C4CCC(C4)C23)c1. The zero-order valence-electron chi connectivity index (χ0n) is 12.3. The quantitative estimate of drug-likeness (QED) is 0.660. The van der Waals surface area contributed by atoms with E-state index in [0.717, 1.165) is 29.4 Å². The molecule has 3 aliphatic rings. The lowest BCUT2D eigenvalue weighted by molar-refractivity contribution is 0.0526. The molecule has 3 N–H and O–H groups in total. The van der Waals surface area contributed by atoms with Crippen LogP contribution in [0.5, 0.6) is 0 Å². The fourth-order valence-electron chi connectivity index (χ4n) is 4.72. The molecule has 1 aromatic carbocycles. The van der Waals surface area contributed by atoms with E-state index < -0.39 is 0 Å². The standard InChI is InChI=1S/C17H22N2O2/c1-2-21-17(20)11-5-6-12(18)13(8-11)19-16-14-9-3-4-10(7-9)15(14)16/h5-6,8-10,14-16,19H,2-4,7,18H2,1H3. The van der Waals surface area contributed by atoms with Crippen LogP contribution in [0.3, 0.4) is 0 Å². The van der Waals surface area contributed by atoms with Crippen LogP contribution in [0.1, 0.15) is 36.5 Å². The fourth-order valence-corrected chi connectivity index (χ4v) is 4.72. The van der Waals surface area contributed by atoms with E-state index in [0.29, 0.717) is 23.9 Å². The third kappa shape index (κ3) is 2.00. The zero-order chi connectivity index (χ0) is 14.6. The number of anilines is 2. The predicted molar refractivity (Wildman–Crippen MR) is 82.0 cm³/mol. The summed E-state index contributed by atoms with van der Waals surface area (Å²) in [4.78, 5) is 11.8. The van der Waals surface area contributed by atoms with Gasteiger partial charge in [0, 0.05) is 6.04 Å². The van der Waals surface area contributed by atoms with Crippen LogP contribution in [-0.2, 0) is 4.74 Å². The number of nitrogen functional groups attached to an aromatic ring is 1. The number of benzene rings is 1. The number of nitrogens with one attached hydrogen (secondary N) is 1. The highest BCUT2D eigenvalue weighted by Gasteiger charge is 2.65. The highest BCUT2D eigenvalue weighted by molar-refractivity contribution is 5.92. The van der Waals surface area contributed by atoms with Crippen LogP contribution in [-0.4, -0.2) is 18.6 Å². The molecular formula is C17H22N2O2. The van der Waals surface area contributed by atoms with Crippen LogP contribution in [0, 0.1) is 23.7 Å². The Kier molecular flexibility index (Phi) is 2.88. The number of hydrogen-bond acceptors (Lipinski definition) is 4. The third-order valence-corrected chi connectivity index (χ3v) is 5.62. The molecule has 0 heterocycles. The Balaban J connectivity index is 1.50. The predicted octanol–water partition coefficient (Wildman–Crippen LogP) is 2.90. The van der Waals surface area contributed by atoms with Gasteiger partial charge in [-0.1, -0.05) is 0 Å². The molecule has 3 saturated carbocycles. The first-order valence-electron chi connectivity index (χ1n) is 8.02. The van der Waals surface area contributed by atoms with Crippen LogP contribution in [0.25, 0.3) is 0 Å². The molecule has 0 aliphatic heterocycles. The van der Waals surface area contributed by atoms with Crippen molar-refractivity contribution in [3.05, 3.63) is 23.8 Å². The topological polar surface area (TPSA) is 64.3 Å². The lowest BCUT2D eigenvalue weighted by Crippen LogP contribution is -2.14. The van der Waals surface area contributed by atoms with E-state index in [1.165, 1.54) is 19.3 Å². The van der Waals surface area contributed by atoms with Gasteiger partial charge < -0.3 is 15.8 Å². The molecule has 0 saturated heterocycles. The molecule has 21 heavy (non-hydrogen) atoms. The van der Waals surface area contributed by atoms with E-state index in [9.17, 15) is 4.79 Å². The molecule has 4 nitrogen and oxygen atoms in total. The maximum atomic E-state index is 11.8. The molecule has 2 bridgehead atoms. The minimum absolute atomic E-state index is 0.281. The molecule has 1 aromatic rings. The van der Waals surface area contributed by atoms with Crippen molar-refractivity contribution in [2.75, 3.05) is 17.7 Å². The monoisotopic (exact) mass is 286 g/mol. The van der Waals surface area contributed by atoms with Crippen molar-refractivity contribution in [2.24, 2.45) is 23.7 Å². The van der Waals surface area contributed by atoms with Crippen molar-refractivity contribution in [3.63, 3.8) is 0 Å². The second kappa shape index (κ2) is 4.65. The minimum Gasteiger partial charge on any atom is -0.462 e. The number of rotatable bonds is 4. The maximum absolute atomic E-state index is 11.8. The van der Waals surface area contributed by atoms with Gasteiger partial charge in [0.15, 0.2) is 0 Å². The fraction of sp³-hybridized carbons (Fsp3) is 0.588. The second-order valence-corrected chi connectivity index (χ2v) is 6.68. The molecule has 4 heteroatoms. The summed E-state index contributed by atoms with van der Waals surface area (Å²) in [5.41, 5.74) is 8.23. The smallest absolute Gasteiger partial charge is 0.338 e. The summed E-state index contributed by atoms with van der Waals surface area (Å²) >= 11 is 0. The van der Waals surface area contributed by atoms with Gasteiger partial charge in [-0.25, -0.2) is 4.79 Å². The number of ether oxygens (including phenoxy) is 1. The van der Waals surface area contributed by atoms with Gasteiger partial charge in [0.2, 0.25) is 0 Å². The van der Waals surface area contributed by atoms with Crippen molar-refractivity contribution in [1.29, 1.82) is 0 Å². The molecule has 4 rings (SSSR count). The van der Waals surface area contributed by atoms with Gasteiger partial charge in [0.1, 0.15) is 0 Å². The lowest BCUT2D eigenvalue weighted by Gasteiger charge is -2.14. The lowest BCUT2D eigenvalue weighted by atomic mass is 10.0. The first-order chi connectivity index (χ1) is 10.2. The zero-order valence-corrected chi connectivity index (χ0v) is 12.3. The average molecular weight is 286 g/mol. The van der Waals surface area contributed by atoms with Crippen LogP contribution < -0.4 is 11.1 Å². The first kappa shape index (κ1) is 13.0. The first-order valence-corrected chi connectivity index (χ1v) is 8.02. The van der Waals surface area contributed by atoms with Crippen LogP contribution in [0.2, 0.25) is 0 Å². The van der Waals surface area contributed by atoms with E-state index in [1.807, 2.05) is 13.0 Å². The van der Waals surface area contributed by atoms with E-state index >= 15 is 0 Å². The molecule has 4 atom stereocenters. The number of fused-ring (bicyclic) bond motifs is 5. The number of carbonyl (C=O) groups excluding carboxylic acids is 1. The Labute approximate surface area is 125 Å². The molecule has 0 aromatic heterocycles. The number of nitrogens with two attached hydrogens (primary N) is 1. The highest BCUT2D eigenvalue weighted by Crippen LogP contribution is 2.66. The molecule has 0 spiro atoms. The van der Waals surface area contributed by atoms with Crippen molar-refractivity contribution >= 4 is 17.3 Å². The molecule has 3 aliphatic carbocycles. The number of hydrogen-bond donors (Lipinski definition) is 2. The van der Waals surface area contributed by atoms with Crippen LogP contribution in [0.4, 0.5) is 11.4 Å². The molecule has 0 radical (unpaired) electrons. The molecule has 112 valence electrons. The summed E-state index contributed by atoms with van der Waals surface area (Å²) in [6.45, 7) is 2.21. The number of esters is 1. The van der Waals surface area contributed by atoms with Crippen LogP contribution in [0.15, 0.2) is 18.2 Å². The Morgan fingerprint density at radius 2 is 2.05 bits per heavy atom. The van der Waals surface area contributed by atoms with Gasteiger partial charge in [-0.3, -0.25) is 0 Å². The van der Waals surface area contributed by atoms with Crippen molar-refractivity contribution in [2.45, 2.75) is 32.2 Å². The van der Waals surface area contributed by atoms with Crippen molar-refractivity contribution < 1.29 is 9.53 Å². The van der Waals surface area contributed by atoms with Crippen molar-refractivity contribution in [3.8, 4) is 0 Å². The third-order valence-electron chi connectivity index (χ3n) is 5.62. The van der Waals surface area contributed by atoms with Gasteiger partial charge in [0.25, 0.3) is 0 Å². The highest BCUT2D eigenvalue weighted by atomic mass is 16.5. The Hall–Kier alpha value is -1.71. The summed E-state index contributed by atoms with van der Waals surface area (Å²) in [6.07, 6.45) is 4.25. The van der Waals surface area contributed by atoms with E-state index in [2.05, 4.69) is 5.32 Å². The van der Waals surface area contributed by atoms with Gasteiger partial charge >= 0.3 is 5.97 Å². The summed E-state index contributed by atoms with van der Waals surface area (Å²) in [7, 11) is 0. The largest absolute Gasteiger partial charge is 0.462 e. The summed E-state index contributed by atoms with van der Waals surface area (Å²) in [5, 5.41) is 3.59. The average Bonchev–Trinajstić information content (AvgIpc) is 2.86. The van der Waals surface area contributed by atoms with Gasteiger partial charge in [-0.05, 0) is 68.1 Å². The Bertz CT molecular complexity index is 570. The van der Waals surface area contributed by atoms with Crippen molar-refractivity contribution in [1.82, 2.24) is 0 Å². The van der Waals surface area contributed by atoms with E-state index in [-0.39, 0.29) is 5.97 Å². The van der Waals surface area contributed by atoms with Gasteiger partial charge in [0.05, 0.1) is 23.5 Å². The minimum atomic E-state index is -0.281. The summed E-state index contributed by atoms with van der Waals surface area (Å²) < 4.78 is 5.05. The molecule has 4 unspecified atom stereocenters. The second-order valence-electron chi connectivity index (χ2n) is 6.68. The Morgan fingerprint density at radius 1 is 1.33 bits per heavy atom.